The molecule has 136 valence electrons. The molecule has 0 aliphatic carbocycles. The number of hydrogen-bond donors (Lipinski definition) is 4. The van der Waals surface area contributed by atoms with Gasteiger partial charge in [-0.25, -0.2) is 0 Å². The van der Waals surface area contributed by atoms with Crippen LogP contribution in [0.2, 0.25) is 0 Å². The standard InChI is InChI=1S/C12H28N4O4Si4/c1-9-21(17-5)13-22(10-2,18-6)15-24(12-4,20-8)16-23(11-3,14-21)19-7/h9-16H,1-4H2,5-8H3. The van der Waals surface area contributed by atoms with E-state index in [1.165, 1.54) is 0 Å². The monoisotopic (exact) mass is 404 g/mol. The van der Waals surface area contributed by atoms with Crippen molar-refractivity contribution in [2.75, 3.05) is 28.4 Å². The van der Waals surface area contributed by atoms with Crippen LogP contribution in [0.25, 0.3) is 0 Å². The zero-order chi connectivity index (χ0) is 18.5. The van der Waals surface area contributed by atoms with Gasteiger partial charge in [-0.05, 0) is 22.8 Å². The second-order valence-corrected chi connectivity index (χ2v) is 18.2. The molecule has 0 atom stereocenters. The summed E-state index contributed by atoms with van der Waals surface area (Å²) in [6, 6.07) is 0. The molecule has 0 saturated carbocycles. The summed E-state index contributed by atoms with van der Waals surface area (Å²) in [6.07, 6.45) is 0. The number of nitrogens with one attached hydrogen (secondary N) is 4. The van der Waals surface area contributed by atoms with Crippen LogP contribution in [0, 0.1) is 0 Å². The largest absolute Gasteiger partial charge is 0.393 e. The molecule has 0 radical (unpaired) electrons. The van der Waals surface area contributed by atoms with Crippen LogP contribution in [0.15, 0.2) is 49.1 Å². The van der Waals surface area contributed by atoms with Crippen molar-refractivity contribution in [3.63, 3.8) is 0 Å². The summed E-state index contributed by atoms with van der Waals surface area (Å²) in [5.41, 5.74) is 6.95. The first-order valence-corrected chi connectivity index (χ1v) is 15.2. The zero-order valence-corrected chi connectivity index (χ0v) is 18.8. The van der Waals surface area contributed by atoms with Crippen LogP contribution in [0.3, 0.4) is 0 Å². The van der Waals surface area contributed by atoms with E-state index in [1.54, 1.807) is 51.2 Å². The number of hydrogen-bond acceptors (Lipinski definition) is 8. The van der Waals surface area contributed by atoms with Crippen molar-refractivity contribution in [1.82, 2.24) is 18.6 Å². The Bertz CT molecular complexity index is 411. The minimum absolute atomic E-state index is 1.61. The molecule has 1 fully saturated rings. The molecular formula is C12H28N4O4Si4. The Morgan fingerprint density at radius 2 is 0.667 bits per heavy atom. The first kappa shape index (κ1) is 21.6. The quantitative estimate of drug-likeness (QED) is 0.407. The molecule has 0 bridgehead atoms. The van der Waals surface area contributed by atoms with Crippen molar-refractivity contribution in [2.45, 2.75) is 0 Å². The van der Waals surface area contributed by atoms with E-state index >= 15 is 0 Å². The van der Waals surface area contributed by atoms with Gasteiger partial charge in [-0.3, -0.25) is 18.6 Å². The van der Waals surface area contributed by atoms with E-state index in [9.17, 15) is 0 Å². The zero-order valence-electron chi connectivity index (χ0n) is 14.8. The fraction of sp³-hybridized carbons (Fsp3) is 0.333. The Hall–Kier alpha value is -0.492. The molecule has 0 aromatic heterocycles. The van der Waals surface area contributed by atoms with Crippen molar-refractivity contribution in [3.8, 4) is 0 Å². The average molecular weight is 405 g/mol. The van der Waals surface area contributed by atoms with Crippen molar-refractivity contribution >= 4 is 34.6 Å². The van der Waals surface area contributed by atoms with E-state index in [4.69, 9.17) is 17.7 Å². The lowest BCUT2D eigenvalue weighted by Gasteiger charge is -2.48. The normalized spacial score (nSPS) is 40.2. The fourth-order valence-electron chi connectivity index (χ4n) is 2.38. The predicted molar refractivity (Wildman–Crippen MR) is 104 cm³/mol. The second kappa shape index (κ2) is 8.26. The van der Waals surface area contributed by atoms with Crippen LogP contribution in [-0.2, 0) is 17.7 Å². The van der Waals surface area contributed by atoms with Crippen LogP contribution in [-0.4, -0.2) is 63.0 Å². The van der Waals surface area contributed by atoms with Crippen LogP contribution in [0.1, 0.15) is 0 Å². The molecule has 24 heavy (non-hydrogen) atoms. The Morgan fingerprint density at radius 3 is 0.750 bits per heavy atom. The molecule has 1 aliphatic rings. The van der Waals surface area contributed by atoms with E-state index in [-0.39, 0.29) is 0 Å². The van der Waals surface area contributed by atoms with E-state index in [0.717, 1.165) is 0 Å². The van der Waals surface area contributed by atoms with Gasteiger partial charge in [-0.2, -0.15) is 0 Å². The Labute approximate surface area is 148 Å². The Kier molecular flexibility index (Phi) is 7.41. The summed E-state index contributed by atoms with van der Waals surface area (Å²) in [4.78, 5) is 0. The van der Waals surface area contributed by atoms with Crippen molar-refractivity contribution in [3.05, 3.63) is 49.1 Å². The molecule has 0 aromatic rings. The second-order valence-electron chi connectivity index (χ2n) is 5.08. The minimum atomic E-state index is -2.85. The third-order valence-electron chi connectivity index (χ3n) is 3.92. The highest BCUT2D eigenvalue weighted by atomic mass is 28.5. The lowest BCUT2D eigenvalue weighted by atomic mass is 11.3. The van der Waals surface area contributed by atoms with Gasteiger partial charge in [0.25, 0.3) is 0 Å². The molecule has 8 nitrogen and oxygen atoms in total. The molecule has 12 heteroatoms. The topological polar surface area (TPSA) is 85.0 Å². The van der Waals surface area contributed by atoms with Gasteiger partial charge in [-0.15, -0.1) is 26.3 Å². The highest BCUT2D eigenvalue weighted by molar-refractivity contribution is 7.05. The summed E-state index contributed by atoms with van der Waals surface area (Å²) in [7, 11) is -4.97. The van der Waals surface area contributed by atoms with Crippen LogP contribution in [0.5, 0.6) is 0 Å². The average Bonchev–Trinajstić information content (AvgIpc) is 2.63. The lowest BCUT2D eigenvalue weighted by molar-refractivity contribution is 0.332. The molecule has 4 N–H and O–H groups in total. The van der Waals surface area contributed by atoms with Crippen LogP contribution >= 0.6 is 0 Å². The van der Waals surface area contributed by atoms with Gasteiger partial charge < -0.3 is 17.7 Å². The molecule has 1 saturated heterocycles. The summed E-state index contributed by atoms with van der Waals surface area (Å²) in [5, 5.41) is 0. The summed E-state index contributed by atoms with van der Waals surface area (Å²) in [5.74, 6) is 0. The maximum atomic E-state index is 5.80. The SMILES string of the molecule is C=C[Si]1(OC)N[Si](C=C)(OC)N[Si](C=C)(OC)N[Si](C=C)(OC)N1. The molecule has 0 spiro atoms. The summed E-state index contributed by atoms with van der Waals surface area (Å²) >= 11 is 0. The minimum Gasteiger partial charge on any atom is -0.393 e. The van der Waals surface area contributed by atoms with Gasteiger partial charge in [0.2, 0.25) is 0 Å². The van der Waals surface area contributed by atoms with Gasteiger partial charge in [0.1, 0.15) is 0 Å². The molecular weight excluding hydrogens is 377 g/mol. The van der Waals surface area contributed by atoms with E-state index in [1.807, 2.05) is 0 Å². The van der Waals surface area contributed by atoms with Gasteiger partial charge in [0.05, 0.1) is 0 Å². The van der Waals surface area contributed by atoms with Gasteiger partial charge in [0.15, 0.2) is 0 Å². The molecule has 1 heterocycles. The highest BCUT2D eigenvalue weighted by Crippen LogP contribution is 2.17. The predicted octanol–water partition coefficient (Wildman–Crippen LogP) is -0.400. The molecule has 0 aromatic carbocycles. The molecule has 1 rings (SSSR count). The summed E-state index contributed by atoms with van der Waals surface area (Å²) in [6.45, 7) is 15.7. The van der Waals surface area contributed by atoms with E-state index in [2.05, 4.69) is 44.9 Å². The summed E-state index contributed by atoms with van der Waals surface area (Å²) < 4.78 is 37.1. The lowest BCUT2D eigenvalue weighted by Crippen LogP contribution is -2.93. The fourth-order valence-corrected chi connectivity index (χ4v) is 21.7. The smallest absolute Gasteiger partial charge is 0.370 e. The van der Waals surface area contributed by atoms with E-state index in [0.29, 0.717) is 0 Å². The van der Waals surface area contributed by atoms with Crippen molar-refractivity contribution in [1.29, 1.82) is 0 Å². The Morgan fingerprint density at radius 1 is 0.500 bits per heavy atom. The van der Waals surface area contributed by atoms with Gasteiger partial charge in [-0.1, -0.05) is 0 Å². The third kappa shape index (κ3) is 4.01. The van der Waals surface area contributed by atoms with Crippen LogP contribution < -0.4 is 18.6 Å². The van der Waals surface area contributed by atoms with Gasteiger partial charge >= 0.3 is 34.6 Å². The molecule has 0 unspecified atom stereocenters. The van der Waals surface area contributed by atoms with Gasteiger partial charge in [0, 0.05) is 28.4 Å². The molecule has 1 aliphatic heterocycles. The molecule has 0 amide bonds. The van der Waals surface area contributed by atoms with Crippen molar-refractivity contribution in [2.24, 2.45) is 0 Å². The Balaban J connectivity index is 3.56. The maximum Gasteiger partial charge on any atom is 0.370 e. The van der Waals surface area contributed by atoms with Crippen LogP contribution in [0.4, 0.5) is 0 Å². The highest BCUT2D eigenvalue weighted by Gasteiger charge is 2.58. The first-order chi connectivity index (χ1) is 11.3. The number of rotatable bonds is 8. The third-order valence-corrected chi connectivity index (χ3v) is 20.7. The maximum absolute atomic E-state index is 5.80. The van der Waals surface area contributed by atoms with E-state index < -0.39 is 34.6 Å². The van der Waals surface area contributed by atoms with Crippen molar-refractivity contribution < 1.29 is 17.7 Å². The first-order valence-electron chi connectivity index (χ1n) is 7.24.